The van der Waals surface area contributed by atoms with Crippen LogP contribution in [0.15, 0.2) is 30.3 Å². The molecule has 0 aliphatic heterocycles. The van der Waals surface area contributed by atoms with Crippen LogP contribution in [-0.4, -0.2) is 11.1 Å². The minimum atomic E-state index is -0.998. The lowest BCUT2D eigenvalue weighted by atomic mass is 10.0. The van der Waals surface area contributed by atoms with Crippen molar-refractivity contribution in [1.82, 2.24) is 0 Å². The van der Waals surface area contributed by atoms with E-state index in [1.807, 2.05) is 13.0 Å². The maximum atomic E-state index is 13.8. The van der Waals surface area contributed by atoms with Crippen LogP contribution < -0.4 is 5.32 Å². The predicted molar refractivity (Wildman–Crippen MR) is 81.8 cm³/mol. The van der Waals surface area contributed by atoms with Crippen LogP contribution in [-0.2, 0) is 17.6 Å². The maximum absolute atomic E-state index is 13.8. The molecule has 0 amide bonds. The maximum Gasteiger partial charge on any atom is 0.307 e. The monoisotopic (exact) mass is 325 g/mol. The van der Waals surface area contributed by atoms with E-state index < -0.39 is 17.6 Å². The number of nitrogens with one attached hydrogen (secondary N) is 1. The number of carboxylic acid groups (broad SMARTS) is 1. The summed E-state index contributed by atoms with van der Waals surface area (Å²) >= 11 is 5.84. The van der Waals surface area contributed by atoms with Crippen molar-refractivity contribution in [3.8, 4) is 0 Å². The normalized spacial score (nSPS) is 10.5. The number of rotatable bonds is 5. The average Bonchev–Trinajstić information content (AvgIpc) is 2.43. The molecule has 3 nitrogen and oxygen atoms in total. The van der Waals surface area contributed by atoms with Gasteiger partial charge >= 0.3 is 5.97 Å². The van der Waals surface area contributed by atoms with E-state index in [4.69, 9.17) is 16.7 Å². The molecule has 0 fully saturated rings. The first-order chi connectivity index (χ1) is 10.4. The molecule has 22 heavy (non-hydrogen) atoms. The zero-order valence-corrected chi connectivity index (χ0v) is 12.5. The van der Waals surface area contributed by atoms with Gasteiger partial charge in [-0.25, -0.2) is 8.78 Å². The SMILES string of the molecule is CCc1ccc(Nc2c(F)cc(F)cc2Cl)c(CC(=O)O)c1. The number of aryl methyl sites for hydroxylation is 1. The molecule has 2 N–H and O–H groups in total. The van der Waals surface area contributed by atoms with Crippen LogP contribution in [0.5, 0.6) is 0 Å². The Labute approximate surface area is 131 Å². The molecule has 0 aromatic heterocycles. The highest BCUT2D eigenvalue weighted by atomic mass is 35.5. The predicted octanol–water partition coefficient (Wildman–Crippen LogP) is 4.55. The highest BCUT2D eigenvalue weighted by Crippen LogP contribution is 2.31. The third-order valence-electron chi connectivity index (χ3n) is 3.19. The van der Waals surface area contributed by atoms with Gasteiger partial charge in [-0.15, -0.1) is 0 Å². The van der Waals surface area contributed by atoms with Crippen molar-refractivity contribution in [3.05, 3.63) is 58.1 Å². The lowest BCUT2D eigenvalue weighted by Crippen LogP contribution is -2.05. The van der Waals surface area contributed by atoms with Crippen molar-refractivity contribution < 1.29 is 18.7 Å². The second kappa shape index (κ2) is 6.75. The van der Waals surface area contributed by atoms with Crippen LogP contribution in [0.4, 0.5) is 20.2 Å². The molecular weight excluding hydrogens is 312 g/mol. The Morgan fingerprint density at radius 1 is 1.27 bits per heavy atom. The van der Waals surface area contributed by atoms with E-state index in [1.54, 1.807) is 12.1 Å². The second-order valence-corrected chi connectivity index (χ2v) is 5.19. The molecule has 0 saturated heterocycles. The Balaban J connectivity index is 2.43. The average molecular weight is 326 g/mol. The smallest absolute Gasteiger partial charge is 0.307 e. The Kier molecular flexibility index (Phi) is 4.98. The molecule has 2 aromatic rings. The van der Waals surface area contributed by atoms with E-state index in [1.165, 1.54) is 0 Å². The summed E-state index contributed by atoms with van der Waals surface area (Å²) < 4.78 is 26.9. The largest absolute Gasteiger partial charge is 0.481 e. The van der Waals surface area contributed by atoms with Crippen molar-refractivity contribution in [1.29, 1.82) is 0 Å². The van der Waals surface area contributed by atoms with Crippen LogP contribution in [0.1, 0.15) is 18.1 Å². The van der Waals surface area contributed by atoms with E-state index in [0.717, 1.165) is 18.1 Å². The van der Waals surface area contributed by atoms with Crippen molar-refractivity contribution in [3.63, 3.8) is 0 Å². The topological polar surface area (TPSA) is 49.3 Å². The standard InChI is InChI=1S/C16H14ClF2NO2/c1-2-9-3-4-14(10(5-9)6-15(21)22)20-16-12(17)7-11(18)8-13(16)19/h3-5,7-8,20H,2,6H2,1H3,(H,21,22). The minimum Gasteiger partial charge on any atom is -0.481 e. The quantitative estimate of drug-likeness (QED) is 0.847. The highest BCUT2D eigenvalue weighted by molar-refractivity contribution is 6.33. The summed E-state index contributed by atoms with van der Waals surface area (Å²) in [4.78, 5) is 11.0. The molecule has 0 saturated carbocycles. The van der Waals surface area contributed by atoms with Gasteiger partial charge in [0.25, 0.3) is 0 Å². The Morgan fingerprint density at radius 3 is 2.59 bits per heavy atom. The first-order valence-electron chi connectivity index (χ1n) is 6.66. The molecule has 0 atom stereocenters. The summed E-state index contributed by atoms with van der Waals surface area (Å²) in [5.41, 5.74) is 1.81. The Hall–Kier alpha value is -2.14. The van der Waals surface area contributed by atoms with E-state index in [0.29, 0.717) is 17.3 Å². The summed E-state index contributed by atoms with van der Waals surface area (Å²) in [6.45, 7) is 1.95. The fourth-order valence-corrected chi connectivity index (χ4v) is 2.34. The third-order valence-corrected chi connectivity index (χ3v) is 3.48. The van der Waals surface area contributed by atoms with Gasteiger partial charge in [0.2, 0.25) is 0 Å². The fraction of sp³-hybridized carbons (Fsp3) is 0.188. The zero-order valence-electron chi connectivity index (χ0n) is 11.8. The molecule has 0 unspecified atom stereocenters. The summed E-state index contributed by atoms with van der Waals surface area (Å²) in [5.74, 6) is -2.62. The Morgan fingerprint density at radius 2 is 2.00 bits per heavy atom. The first-order valence-corrected chi connectivity index (χ1v) is 7.03. The molecule has 2 rings (SSSR count). The number of aliphatic carboxylic acids is 1. The fourth-order valence-electron chi connectivity index (χ4n) is 2.09. The molecule has 0 radical (unpaired) electrons. The van der Waals surface area contributed by atoms with Gasteiger partial charge in [0.05, 0.1) is 17.1 Å². The zero-order chi connectivity index (χ0) is 16.3. The molecule has 0 bridgehead atoms. The molecule has 6 heteroatoms. The van der Waals surface area contributed by atoms with Gasteiger partial charge in [-0.1, -0.05) is 30.7 Å². The highest BCUT2D eigenvalue weighted by Gasteiger charge is 2.14. The molecule has 0 spiro atoms. The van der Waals surface area contributed by atoms with Gasteiger partial charge < -0.3 is 10.4 Å². The number of hydrogen-bond acceptors (Lipinski definition) is 2. The molecule has 0 aliphatic rings. The summed E-state index contributed by atoms with van der Waals surface area (Å²) in [5, 5.41) is 11.6. The van der Waals surface area contributed by atoms with Crippen LogP contribution in [0.25, 0.3) is 0 Å². The lowest BCUT2D eigenvalue weighted by molar-refractivity contribution is -0.136. The van der Waals surface area contributed by atoms with Gasteiger partial charge in [-0.3, -0.25) is 4.79 Å². The lowest BCUT2D eigenvalue weighted by Gasteiger charge is -2.14. The van der Waals surface area contributed by atoms with Gasteiger partial charge in [0, 0.05) is 11.8 Å². The van der Waals surface area contributed by atoms with Crippen molar-refractivity contribution >= 4 is 28.9 Å². The number of anilines is 2. The van der Waals surface area contributed by atoms with Crippen molar-refractivity contribution in [2.24, 2.45) is 0 Å². The number of carboxylic acids is 1. The summed E-state index contributed by atoms with van der Waals surface area (Å²) in [6.07, 6.45) is 0.537. The molecule has 0 aliphatic carbocycles. The van der Waals surface area contributed by atoms with E-state index in [9.17, 15) is 13.6 Å². The van der Waals surface area contributed by atoms with Crippen LogP contribution in [0.3, 0.4) is 0 Å². The van der Waals surface area contributed by atoms with Gasteiger partial charge in [0.15, 0.2) is 5.82 Å². The van der Waals surface area contributed by atoms with Crippen LogP contribution in [0, 0.1) is 11.6 Å². The van der Waals surface area contributed by atoms with Gasteiger partial charge in [0.1, 0.15) is 5.82 Å². The molecule has 116 valence electrons. The van der Waals surface area contributed by atoms with E-state index in [2.05, 4.69) is 5.32 Å². The van der Waals surface area contributed by atoms with E-state index >= 15 is 0 Å². The number of benzene rings is 2. The number of carbonyl (C=O) groups is 1. The minimum absolute atomic E-state index is 0.0843. The van der Waals surface area contributed by atoms with E-state index in [-0.39, 0.29) is 17.1 Å². The van der Waals surface area contributed by atoms with Crippen LogP contribution in [0.2, 0.25) is 5.02 Å². The molecule has 2 aromatic carbocycles. The number of halogens is 3. The Bertz CT molecular complexity index is 696. The van der Waals surface area contributed by atoms with Gasteiger partial charge in [-0.05, 0) is 29.7 Å². The third kappa shape index (κ3) is 3.74. The molecular formula is C16H14ClF2NO2. The number of hydrogen-bond donors (Lipinski definition) is 2. The summed E-state index contributed by atoms with van der Waals surface area (Å²) in [6, 6.07) is 6.92. The van der Waals surface area contributed by atoms with Crippen LogP contribution >= 0.6 is 11.6 Å². The summed E-state index contributed by atoms with van der Waals surface area (Å²) in [7, 11) is 0. The second-order valence-electron chi connectivity index (χ2n) is 4.79. The van der Waals surface area contributed by atoms with Crippen molar-refractivity contribution in [2.75, 3.05) is 5.32 Å². The van der Waals surface area contributed by atoms with Gasteiger partial charge in [-0.2, -0.15) is 0 Å². The molecule has 0 heterocycles. The van der Waals surface area contributed by atoms with Crippen molar-refractivity contribution in [2.45, 2.75) is 19.8 Å². The first kappa shape index (κ1) is 16.2.